The smallest absolute Gasteiger partial charge is 0.150 e. The van der Waals surface area contributed by atoms with Gasteiger partial charge < -0.3 is 5.32 Å². The Balaban J connectivity index is 1.52. The zero-order chi connectivity index (χ0) is 14.7. The SMILES string of the molecule is O=S1(=O)CCC(CNCc2cc(-c3ccccc3)cs2)C1. The molecule has 1 unspecified atom stereocenters. The van der Waals surface area contributed by atoms with Crippen LogP contribution in [0.3, 0.4) is 0 Å². The minimum Gasteiger partial charge on any atom is -0.312 e. The molecule has 0 radical (unpaired) electrons. The van der Waals surface area contributed by atoms with Crippen molar-refractivity contribution in [2.45, 2.75) is 13.0 Å². The summed E-state index contributed by atoms with van der Waals surface area (Å²) in [6.45, 7) is 1.60. The molecule has 1 aromatic heterocycles. The summed E-state index contributed by atoms with van der Waals surface area (Å²) in [5.74, 6) is 0.986. The van der Waals surface area contributed by atoms with E-state index in [0.717, 1.165) is 19.5 Å². The third kappa shape index (κ3) is 3.93. The van der Waals surface area contributed by atoms with Gasteiger partial charge in [-0.25, -0.2) is 8.42 Å². The van der Waals surface area contributed by atoms with Crippen molar-refractivity contribution in [1.82, 2.24) is 5.32 Å². The molecule has 0 amide bonds. The van der Waals surface area contributed by atoms with E-state index in [1.165, 1.54) is 16.0 Å². The van der Waals surface area contributed by atoms with Crippen LogP contribution in [0.4, 0.5) is 0 Å². The average Bonchev–Trinajstić information content (AvgIpc) is 3.07. The van der Waals surface area contributed by atoms with E-state index in [1.807, 2.05) is 18.2 Å². The summed E-state index contributed by atoms with van der Waals surface area (Å²) in [7, 11) is -2.76. The maximum absolute atomic E-state index is 11.4. The van der Waals surface area contributed by atoms with E-state index in [-0.39, 0.29) is 5.92 Å². The number of rotatable bonds is 5. The fourth-order valence-corrected chi connectivity index (χ4v) is 5.41. The summed E-state index contributed by atoms with van der Waals surface area (Å²) in [5.41, 5.74) is 2.49. The van der Waals surface area contributed by atoms with Crippen LogP contribution in [0.25, 0.3) is 11.1 Å². The molecule has 0 aliphatic carbocycles. The molecule has 3 rings (SSSR count). The lowest BCUT2D eigenvalue weighted by Gasteiger charge is -2.08. The van der Waals surface area contributed by atoms with Crippen molar-refractivity contribution < 1.29 is 8.42 Å². The van der Waals surface area contributed by atoms with Gasteiger partial charge in [-0.15, -0.1) is 11.3 Å². The van der Waals surface area contributed by atoms with Crippen LogP contribution in [0.15, 0.2) is 41.8 Å². The number of sulfone groups is 1. The molecule has 3 nitrogen and oxygen atoms in total. The predicted molar refractivity (Wildman–Crippen MR) is 88.2 cm³/mol. The van der Waals surface area contributed by atoms with E-state index in [2.05, 4.69) is 28.9 Å². The zero-order valence-corrected chi connectivity index (χ0v) is 13.4. The van der Waals surface area contributed by atoms with Gasteiger partial charge in [0, 0.05) is 11.4 Å². The minimum absolute atomic E-state index is 0.281. The first kappa shape index (κ1) is 14.8. The quantitative estimate of drug-likeness (QED) is 0.921. The Morgan fingerprint density at radius 2 is 2.00 bits per heavy atom. The van der Waals surface area contributed by atoms with Gasteiger partial charge in [-0.1, -0.05) is 30.3 Å². The molecule has 1 fully saturated rings. The summed E-state index contributed by atoms with van der Waals surface area (Å²) in [6.07, 6.45) is 0.801. The second-order valence-electron chi connectivity index (χ2n) is 5.57. The minimum atomic E-state index is -2.76. The molecule has 21 heavy (non-hydrogen) atoms. The highest BCUT2D eigenvalue weighted by Crippen LogP contribution is 2.25. The topological polar surface area (TPSA) is 46.2 Å². The summed E-state index contributed by atoms with van der Waals surface area (Å²) in [5, 5.41) is 5.57. The summed E-state index contributed by atoms with van der Waals surface area (Å²) >= 11 is 1.75. The van der Waals surface area contributed by atoms with Gasteiger partial charge in [-0.05, 0) is 41.5 Å². The highest BCUT2D eigenvalue weighted by molar-refractivity contribution is 7.91. The fraction of sp³-hybridized carbons (Fsp3) is 0.375. The van der Waals surface area contributed by atoms with E-state index >= 15 is 0 Å². The Labute approximate surface area is 129 Å². The lowest BCUT2D eigenvalue weighted by Crippen LogP contribution is -2.22. The van der Waals surface area contributed by atoms with Crippen LogP contribution in [0.2, 0.25) is 0 Å². The van der Waals surface area contributed by atoms with Crippen molar-refractivity contribution >= 4 is 21.2 Å². The molecule has 112 valence electrons. The molecule has 1 aromatic carbocycles. The molecular weight excluding hydrogens is 302 g/mol. The van der Waals surface area contributed by atoms with Gasteiger partial charge in [0.15, 0.2) is 9.84 Å². The van der Waals surface area contributed by atoms with Gasteiger partial charge in [0.2, 0.25) is 0 Å². The van der Waals surface area contributed by atoms with Crippen molar-refractivity contribution in [3.8, 4) is 11.1 Å². The molecular formula is C16H19NO2S2. The van der Waals surface area contributed by atoms with E-state index < -0.39 is 9.84 Å². The van der Waals surface area contributed by atoms with Crippen molar-refractivity contribution in [3.63, 3.8) is 0 Å². The largest absolute Gasteiger partial charge is 0.312 e. The van der Waals surface area contributed by atoms with Crippen molar-refractivity contribution in [2.24, 2.45) is 5.92 Å². The Kier molecular flexibility index (Phi) is 4.42. The first-order chi connectivity index (χ1) is 10.1. The third-order valence-electron chi connectivity index (χ3n) is 3.82. The Hall–Kier alpha value is -1.17. The Morgan fingerprint density at radius 1 is 1.19 bits per heavy atom. The molecule has 5 heteroatoms. The Bertz CT molecular complexity index is 692. The van der Waals surface area contributed by atoms with Crippen LogP contribution < -0.4 is 5.32 Å². The van der Waals surface area contributed by atoms with E-state index in [9.17, 15) is 8.42 Å². The molecule has 1 aliphatic heterocycles. The van der Waals surface area contributed by atoms with Crippen LogP contribution in [0, 0.1) is 5.92 Å². The number of hydrogen-bond donors (Lipinski definition) is 1. The summed E-state index contributed by atoms with van der Waals surface area (Å²) in [4.78, 5) is 1.29. The second kappa shape index (κ2) is 6.30. The second-order valence-corrected chi connectivity index (χ2v) is 8.79. The molecule has 1 N–H and O–H groups in total. The standard InChI is InChI=1S/C16H19NO2S2/c18-21(19)7-6-13(12-21)9-17-10-16-8-15(11-20-16)14-4-2-1-3-5-14/h1-5,8,11,13,17H,6-7,9-10,12H2. The molecule has 1 saturated heterocycles. The normalized spacial score (nSPS) is 20.7. The van der Waals surface area contributed by atoms with E-state index in [0.29, 0.717) is 11.5 Å². The van der Waals surface area contributed by atoms with Crippen molar-refractivity contribution in [2.75, 3.05) is 18.1 Å². The maximum Gasteiger partial charge on any atom is 0.150 e. The molecule has 1 aliphatic rings. The van der Waals surface area contributed by atoms with Gasteiger partial charge >= 0.3 is 0 Å². The lowest BCUT2D eigenvalue weighted by molar-refractivity contribution is 0.522. The van der Waals surface area contributed by atoms with Crippen molar-refractivity contribution in [3.05, 3.63) is 46.7 Å². The van der Waals surface area contributed by atoms with Crippen LogP contribution in [-0.4, -0.2) is 26.5 Å². The van der Waals surface area contributed by atoms with Gasteiger partial charge in [0.05, 0.1) is 11.5 Å². The summed E-state index contributed by atoms with van der Waals surface area (Å²) < 4.78 is 22.8. The van der Waals surface area contributed by atoms with Gasteiger partial charge in [0.25, 0.3) is 0 Å². The molecule has 0 saturated carbocycles. The third-order valence-corrected chi connectivity index (χ3v) is 6.59. The highest BCUT2D eigenvalue weighted by Gasteiger charge is 2.27. The zero-order valence-electron chi connectivity index (χ0n) is 11.8. The van der Waals surface area contributed by atoms with Crippen LogP contribution >= 0.6 is 11.3 Å². The molecule has 0 bridgehead atoms. The van der Waals surface area contributed by atoms with Crippen LogP contribution in [-0.2, 0) is 16.4 Å². The predicted octanol–water partition coefficient (Wildman–Crippen LogP) is 2.94. The van der Waals surface area contributed by atoms with Crippen LogP contribution in [0.5, 0.6) is 0 Å². The summed E-state index contributed by atoms with van der Waals surface area (Å²) in [6, 6.07) is 12.6. The molecule has 1 atom stereocenters. The van der Waals surface area contributed by atoms with E-state index in [1.54, 1.807) is 11.3 Å². The molecule has 2 heterocycles. The monoisotopic (exact) mass is 321 g/mol. The first-order valence-corrected chi connectivity index (χ1v) is 9.86. The van der Waals surface area contributed by atoms with Gasteiger partial charge in [-0.3, -0.25) is 0 Å². The molecule has 2 aromatic rings. The number of benzene rings is 1. The van der Waals surface area contributed by atoms with Crippen LogP contribution in [0.1, 0.15) is 11.3 Å². The van der Waals surface area contributed by atoms with Crippen molar-refractivity contribution in [1.29, 1.82) is 0 Å². The number of thiophene rings is 1. The number of hydrogen-bond acceptors (Lipinski definition) is 4. The fourth-order valence-electron chi connectivity index (χ4n) is 2.69. The van der Waals surface area contributed by atoms with Gasteiger partial charge in [-0.2, -0.15) is 0 Å². The average molecular weight is 321 g/mol. The highest BCUT2D eigenvalue weighted by atomic mass is 32.2. The van der Waals surface area contributed by atoms with E-state index in [4.69, 9.17) is 0 Å². The Morgan fingerprint density at radius 3 is 2.71 bits per heavy atom. The first-order valence-electron chi connectivity index (χ1n) is 7.16. The lowest BCUT2D eigenvalue weighted by atomic mass is 10.1. The van der Waals surface area contributed by atoms with Gasteiger partial charge in [0.1, 0.15) is 0 Å². The molecule has 0 spiro atoms. The maximum atomic E-state index is 11.4. The number of nitrogens with one attached hydrogen (secondary N) is 1.